The number of urea groups is 1. The number of aromatic nitrogens is 1. The summed E-state index contributed by atoms with van der Waals surface area (Å²) in [4.78, 5) is 30.4. The number of carbonyl (C=O) groups excluding carboxylic acids is 2. The molecule has 1 aliphatic heterocycles. The van der Waals surface area contributed by atoms with E-state index in [9.17, 15) is 23.5 Å². The van der Waals surface area contributed by atoms with Crippen LogP contribution < -0.4 is 10.6 Å². The number of amides is 3. The van der Waals surface area contributed by atoms with Crippen molar-refractivity contribution in [2.75, 3.05) is 25.0 Å². The summed E-state index contributed by atoms with van der Waals surface area (Å²) in [6.45, 7) is 0.316. The maximum atomic E-state index is 13.4. The summed E-state index contributed by atoms with van der Waals surface area (Å²) in [5.41, 5.74) is -0.128. The van der Waals surface area contributed by atoms with Crippen LogP contribution >= 0.6 is 11.3 Å². The van der Waals surface area contributed by atoms with Crippen LogP contribution in [0.1, 0.15) is 43.5 Å². The van der Waals surface area contributed by atoms with Gasteiger partial charge >= 0.3 is 6.03 Å². The number of nitrogens with one attached hydrogen (secondary N) is 2. The number of aliphatic hydroxyl groups excluding tert-OH is 1. The van der Waals surface area contributed by atoms with E-state index in [0.717, 1.165) is 0 Å². The summed E-state index contributed by atoms with van der Waals surface area (Å²) >= 11 is 1.19. The summed E-state index contributed by atoms with van der Waals surface area (Å²) < 4.78 is 26.9. The van der Waals surface area contributed by atoms with Crippen LogP contribution in [0.3, 0.4) is 0 Å². The van der Waals surface area contributed by atoms with Gasteiger partial charge in [-0.3, -0.25) is 10.1 Å². The van der Waals surface area contributed by atoms with Crippen molar-refractivity contribution in [2.45, 2.75) is 50.5 Å². The highest BCUT2D eigenvalue weighted by atomic mass is 32.1. The molecule has 1 atom stereocenters. The molecule has 2 aliphatic rings. The number of carbonyl (C=O) groups is 2. The number of terminal acetylenes is 1. The van der Waals surface area contributed by atoms with Crippen molar-refractivity contribution in [3.8, 4) is 12.3 Å². The van der Waals surface area contributed by atoms with Gasteiger partial charge in [-0.15, -0.1) is 17.8 Å². The van der Waals surface area contributed by atoms with Gasteiger partial charge in [0.1, 0.15) is 11.9 Å². The molecule has 3 rings (SSSR count). The second kappa shape index (κ2) is 8.63. The predicted molar refractivity (Wildman–Crippen MR) is 105 cm³/mol. The number of hydrogen-bond donors (Lipinski definition) is 3. The van der Waals surface area contributed by atoms with Gasteiger partial charge < -0.3 is 15.3 Å². The van der Waals surface area contributed by atoms with Gasteiger partial charge in [-0.05, 0) is 37.0 Å². The molecule has 7 nitrogen and oxygen atoms in total. The molecular weight excluding hydrogens is 402 g/mol. The Kier molecular flexibility index (Phi) is 6.39. The molecule has 158 valence electrons. The van der Waals surface area contributed by atoms with E-state index in [1.54, 1.807) is 10.3 Å². The topological polar surface area (TPSA) is 94.6 Å². The second-order valence-electron chi connectivity index (χ2n) is 7.70. The number of alkyl halides is 2. The lowest BCUT2D eigenvalue weighted by molar-refractivity contribution is -0.138. The number of piperidine rings is 1. The average Bonchev–Trinajstić information content (AvgIpc) is 3.16. The fourth-order valence-corrected chi connectivity index (χ4v) is 4.52. The van der Waals surface area contributed by atoms with E-state index in [1.165, 1.54) is 11.3 Å². The van der Waals surface area contributed by atoms with Crippen LogP contribution in [0.5, 0.6) is 0 Å². The second-order valence-corrected chi connectivity index (χ2v) is 8.56. The van der Waals surface area contributed by atoms with Crippen molar-refractivity contribution in [3.63, 3.8) is 0 Å². The Labute approximate surface area is 171 Å². The molecule has 1 saturated heterocycles. The number of likely N-dealkylation sites (tertiary alicyclic amines) is 1. The van der Waals surface area contributed by atoms with E-state index in [0.29, 0.717) is 43.8 Å². The van der Waals surface area contributed by atoms with Gasteiger partial charge in [-0.2, -0.15) is 0 Å². The number of nitrogens with zero attached hydrogens (tertiary/aromatic N) is 2. The molecule has 10 heteroatoms. The summed E-state index contributed by atoms with van der Waals surface area (Å²) in [6, 6.07) is -1.76. The van der Waals surface area contributed by atoms with E-state index in [4.69, 9.17) is 6.42 Å². The van der Waals surface area contributed by atoms with Crippen molar-refractivity contribution in [3.05, 3.63) is 10.4 Å². The summed E-state index contributed by atoms with van der Waals surface area (Å²) in [5, 5.41) is 16.5. The minimum absolute atomic E-state index is 0.0973. The fraction of sp³-hybridized carbons (Fsp3) is 0.632. The maximum Gasteiger partial charge on any atom is 0.321 e. The standard InChI is InChI=1S/C19H24F2N4O3S/c1-2-15-23-14(12-29-15)24-17(28)22-13(11-26)16(27)25-9-7-18(8-10-25)3-5-19(20,21)6-4-18/h1,12-13,26H,3-11H2,(H2,22,24,28). The van der Waals surface area contributed by atoms with Crippen LogP contribution in [-0.2, 0) is 4.79 Å². The lowest BCUT2D eigenvalue weighted by Crippen LogP contribution is -2.54. The normalized spacial score (nSPS) is 21.2. The smallest absolute Gasteiger partial charge is 0.321 e. The number of rotatable bonds is 4. The Morgan fingerprint density at radius 3 is 2.48 bits per heavy atom. The van der Waals surface area contributed by atoms with Gasteiger partial charge in [0, 0.05) is 31.3 Å². The Hall–Kier alpha value is -2.25. The molecule has 1 aromatic rings. The molecular formula is C19H24F2N4O3S. The fourth-order valence-electron chi connectivity index (χ4n) is 3.96. The zero-order chi connectivity index (χ0) is 21.1. The zero-order valence-corrected chi connectivity index (χ0v) is 16.7. The predicted octanol–water partition coefficient (Wildman–Crippen LogP) is 2.42. The summed E-state index contributed by atoms with van der Waals surface area (Å²) in [6.07, 6.45) is 7.30. The molecule has 0 aromatic carbocycles. The van der Waals surface area contributed by atoms with Crippen LogP contribution in [0.15, 0.2) is 5.38 Å². The highest BCUT2D eigenvalue weighted by Crippen LogP contribution is 2.49. The molecule has 1 saturated carbocycles. The lowest BCUT2D eigenvalue weighted by atomic mass is 9.67. The highest BCUT2D eigenvalue weighted by molar-refractivity contribution is 7.10. The zero-order valence-electron chi connectivity index (χ0n) is 15.9. The SMILES string of the molecule is C#Cc1nc(NC(=O)NC(CO)C(=O)N2CCC3(CC2)CCC(F)(F)CC3)cs1. The van der Waals surface area contributed by atoms with Gasteiger partial charge in [-0.1, -0.05) is 0 Å². The van der Waals surface area contributed by atoms with E-state index in [1.807, 2.05) is 0 Å². The Morgan fingerprint density at radius 2 is 1.93 bits per heavy atom. The monoisotopic (exact) mass is 426 g/mol. The molecule has 3 N–H and O–H groups in total. The third-order valence-electron chi connectivity index (χ3n) is 5.83. The summed E-state index contributed by atoms with van der Waals surface area (Å²) in [5.74, 6) is -0.343. The van der Waals surface area contributed by atoms with Crippen LogP contribution in [-0.4, -0.2) is 58.6 Å². The lowest BCUT2D eigenvalue weighted by Gasteiger charge is -2.46. The van der Waals surface area contributed by atoms with Crippen molar-refractivity contribution >= 4 is 29.1 Å². The van der Waals surface area contributed by atoms with Crippen LogP contribution in [0.2, 0.25) is 0 Å². The molecule has 1 aliphatic carbocycles. The minimum atomic E-state index is -2.57. The Bertz CT molecular complexity index is 788. The van der Waals surface area contributed by atoms with Crippen molar-refractivity contribution in [1.82, 2.24) is 15.2 Å². The largest absolute Gasteiger partial charge is 0.394 e. The number of halogens is 2. The average molecular weight is 426 g/mol. The molecule has 1 aromatic heterocycles. The first kappa shape index (κ1) is 21.5. The van der Waals surface area contributed by atoms with E-state index < -0.39 is 24.6 Å². The third kappa shape index (κ3) is 5.22. The molecule has 1 spiro atoms. The molecule has 2 heterocycles. The quantitative estimate of drug-likeness (QED) is 0.645. The first-order valence-corrected chi connectivity index (χ1v) is 10.4. The van der Waals surface area contributed by atoms with Gasteiger partial charge in [0.15, 0.2) is 5.01 Å². The van der Waals surface area contributed by atoms with E-state index in [2.05, 4.69) is 21.5 Å². The Balaban J connectivity index is 1.51. The molecule has 3 amide bonds. The molecule has 29 heavy (non-hydrogen) atoms. The van der Waals surface area contributed by atoms with E-state index >= 15 is 0 Å². The molecule has 2 fully saturated rings. The summed E-state index contributed by atoms with van der Waals surface area (Å²) in [7, 11) is 0. The van der Waals surface area contributed by atoms with Gasteiger partial charge in [0.25, 0.3) is 0 Å². The molecule has 1 unspecified atom stereocenters. The van der Waals surface area contributed by atoms with Crippen molar-refractivity contribution in [1.29, 1.82) is 0 Å². The molecule has 0 bridgehead atoms. The number of hydrogen-bond acceptors (Lipinski definition) is 5. The number of thiazole rings is 1. The number of aliphatic hydroxyl groups is 1. The van der Waals surface area contributed by atoms with Crippen LogP contribution in [0.25, 0.3) is 0 Å². The first-order valence-electron chi connectivity index (χ1n) is 9.53. The third-order valence-corrected chi connectivity index (χ3v) is 6.61. The van der Waals surface area contributed by atoms with Gasteiger partial charge in [0.05, 0.1) is 6.61 Å². The Morgan fingerprint density at radius 1 is 1.28 bits per heavy atom. The first-order chi connectivity index (χ1) is 13.8. The number of anilines is 1. The van der Waals surface area contributed by atoms with Gasteiger partial charge in [0.2, 0.25) is 11.8 Å². The van der Waals surface area contributed by atoms with Crippen LogP contribution in [0.4, 0.5) is 19.4 Å². The van der Waals surface area contributed by atoms with Crippen molar-refractivity contribution in [2.24, 2.45) is 5.41 Å². The van der Waals surface area contributed by atoms with Crippen LogP contribution in [0, 0.1) is 17.8 Å². The minimum Gasteiger partial charge on any atom is -0.394 e. The molecule has 0 radical (unpaired) electrons. The maximum absolute atomic E-state index is 13.4. The van der Waals surface area contributed by atoms with Gasteiger partial charge in [-0.25, -0.2) is 18.6 Å². The van der Waals surface area contributed by atoms with Crippen molar-refractivity contribution < 1.29 is 23.5 Å². The van der Waals surface area contributed by atoms with E-state index in [-0.39, 0.29) is 30.0 Å². The highest BCUT2D eigenvalue weighted by Gasteiger charge is 2.45.